The summed E-state index contributed by atoms with van der Waals surface area (Å²) in [4.78, 5) is 35.5. The first-order valence-electron chi connectivity index (χ1n) is 9.42. The summed E-state index contributed by atoms with van der Waals surface area (Å²) in [6.45, 7) is 6.50. The van der Waals surface area contributed by atoms with Gasteiger partial charge in [-0.15, -0.1) is 0 Å². The van der Waals surface area contributed by atoms with Crippen LogP contribution in [0.4, 0.5) is 0 Å². The molecule has 138 valence electrons. The number of aromatic amines is 1. The third kappa shape index (κ3) is 2.77. The first-order chi connectivity index (χ1) is 12.4. The van der Waals surface area contributed by atoms with Crippen molar-refractivity contribution >= 4 is 22.8 Å². The van der Waals surface area contributed by atoms with Crippen molar-refractivity contribution in [2.45, 2.75) is 65.1 Å². The molecule has 1 fully saturated rings. The predicted molar refractivity (Wildman–Crippen MR) is 99.6 cm³/mol. The Morgan fingerprint density at radius 1 is 1.35 bits per heavy atom. The first-order valence-corrected chi connectivity index (χ1v) is 9.42. The van der Waals surface area contributed by atoms with Crippen LogP contribution in [0.25, 0.3) is 11.0 Å². The van der Waals surface area contributed by atoms with Crippen LogP contribution in [0.5, 0.6) is 0 Å². The van der Waals surface area contributed by atoms with Crippen molar-refractivity contribution in [3.8, 4) is 0 Å². The lowest BCUT2D eigenvalue weighted by Gasteiger charge is -2.41. The highest BCUT2D eigenvalue weighted by Crippen LogP contribution is 2.34. The molecule has 0 spiro atoms. The molecule has 6 heteroatoms. The maximum Gasteiger partial charge on any atom is 0.257 e. The van der Waals surface area contributed by atoms with E-state index in [2.05, 4.69) is 15.3 Å². The molecule has 1 atom stereocenters. The Kier molecular flexibility index (Phi) is 4.01. The number of rotatable bonds is 3. The SMILES string of the molecule is CC(C)(C)[C@H](C(=O)NC1CCCC1)N1Cc2ccnc3[nH]cc(c23)C1=O. The molecule has 1 saturated carbocycles. The molecule has 3 heterocycles. The van der Waals surface area contributed by atoms with Gasteiger partial charge >= 0.3 is 0 Å². The minimum Gasteiger partial charge on any atom is -0.352 e. The minimum absolute atomic E-state index is 0.0398. The summed E-state index contributed by atoms with van der Waals surface area (Å²) in [6, 6.07) is 1.66. The van der Waals surface area contributed by atoms with Crippen molar-refractivity contribution in [2.24, 2.45) is 5.41 Å². The van der Waals surface area contributed by atoms with Gasteiger partial charge in [-0.25, -0.2) is 4.98 Å². The van der Waals surface area contributed by atoms with E-state index in [4.69, 9.17) is 0 Å². The normalized spacial score (nSPS) is 19.2. The predicted octanol–water partition coefficient (Wildman–Crippen LogP) is 2.99. The van der Waals surface area contributed by atoms with Gasteiger partial charge in [0.2, 0.25) is 5.91 Å². The number of hydrogen-bond acceptors (Lipinski definition) is 3. The fraction of sp³-hybridized carbons (Fsp3) is 0.550. The summed E-state index contributed by atoms with van der Waals surface area (Å²) < 4.78 is 0. The van der Waals surface area contributed by atoms with Crippen molar-refractivity contribution < 1.29 is 9.59 Å². The Morgan fingerprint density at radius 3 is 2.77 bits per heavy atom. The number of aromatic nitrogens is 2. The van der Waals surface area contributed by atoms with E-state index in [1.54, 1.807) is 17.3 Å². The number of nitrogens with zero attached hydrogens (tertiary/aromatic N) is 2. The summed E-state index contributed by atoms with van der Waals surface area (Å²) in [5, 5.41) is 4.08. The number of H-pyrrole nitrogens is 1. The van der Waals surface area contributed by atoms with Crippen LogP contribution in [0.15, 0.2) is 18.5 Å². The lowest BCUT2D eigenvalue weighted by Crippen LogP contribution is -2.57. The summed E-state index contributed by atoms with van der Waals surface area (Å²) in [6.07, 6.45) is 7.85. The highest BCUT2D eigenvalue weighted by molar-refractivity contribution is 6.10. The number of carbonyl (C=O) groups is 2. The average molecular weight is 354 g/mol. The second-order valence-electron chi connectivity index (χ2n) is 8.59. The molecular weight excluding hydrogens is 328 g/mol. The van der Waals surface area contributed by atoms with Gasteiger partial charge in [-0.2, -0.15) is 0 Å². The number of nitrogens with one attached hydrogen (secondary N) is 2. The maximum absolute atomic E-state index is 13.2. The summed E-state index contributed by atoms with van der Waals surface area (Å²) in [7, 11) is 0. The van der Waals surface area contributed by atoms with Crippen LogP contribution < -0.4 is 5.32 Å². The first kappa shape index (κ1) is 17.1. The van der Waals surface area contributed by atoms with Crippen LogP contribution >= 0.6 is 0 Å². The summed E-state index contributed by atoms with van der Waals surface area (Å²) >= 11 is 0. The molecule has 0 bridgehead atoms. The van der Waals surface area contributed by atoms with Gasteiger partial charge in [-0.05, 0) is 29.9 Å². The van der Waals surface area contributed by atoms with Gasteiger partial charge in [0.05, 0.1) is 5.56 Å². The summed E-state index contributed by atoms with van der Waals surface area (Å²) in [5.41, 5.74) is 2.01. The van der Waals surface area contributed by atoms with Gasteiger partial charge in [-0.1, -0.05) is 33.6 Å². The van der Waals surface area contributed by atoms with Gasteiger partial charge in [-0.3, -0.25) is 9.59 Å². The largest absolute Gasteiger partial charge is 0.352 e. The van der Waals surface area contributed by atoms with Crippen molar-refractivity contribution in [1.82, 2.24) is 20.2 Å². The molecule has 0 radical (unpaired) electrons. The Balaban J connectivity index is 1.68. The molecular formula is C20H26N4O2. The molecule has 2 aliphatic rings. The third-order valence-electron chi connectivity index (χ3n) is 5.57. The third-order valence-corrected chi connectivity index (χ3v) is 5.57. The van der Waals surface area contributed by atoms with Crippen LogP contribution in [0.2, 0.25) is 0 Å². The standard InChI is InChI=1S/C20H26N4O2/c1-20(2,3)16(18(25)23-13-6-4-5-7-13)24-11-12-8-9-21-17-15(12)14(10-22-17)19(24)26/h8-10,13,16H,4-7,11H2,1-3H3,(H,21,22)(H,23,25)/t16-/m0/s1. The molecule has 2 aromatic rings. The van der Waals surface area contributed by atoms with Crippen LogP contribution in [0.3, 0.4) is 0 Å². The highest BCUT2D eigenvalue weighted by Gasteiger charge is 2.42. The van der Waals surface area contributed by atoms with Crippen molar-refractivity contribution in [3.63, 3.8) is 0 Å². The Morgan fingerprint density at radius 2 is 2.08 bits per heavy atom. The van der Waals surface area contributed by atoms with Gasteiger partial charge in [0, 0.05) is 30.4 Å². The monoisotopic (exact) mass is 354 g/mol. The lowest BCUT2D eigenvalue weighted by atomic mass is 9.83. The Bertz CT molecular complexity index is 858. The number of pyridine rings is 1. The second-order valence-corrected chi connectivity index (χ2v) is 8.59. The van der Waals surface area contributed by atoms with Crippen LogP contribution in [0, 0.1) is 5.41 Å². The fourth-order valence-electron chi connectivity index (χ4n) is 4.40. The molecule has 1 aliphatic heterocycles. The zero-order chi connectivity index (χ0) is 18.5. The molecule has 0 saturated heterocycles. The maximum atomic E-state index is 13.2. The molecule has 1 aliphatic carbocycles. The topological polar surface area (TPSA) is 78.1 Å². The summed E-state index contributed by atoms with van der Waals surface area (Å²) in [5.74, 6) is -0.139. The van der Waals surface area contributed by atoms with E-state index in [0.29, 0.717) is 12.1 Å². The molecule has 4 rings (SSSR count). The molecule has 2 aromatic heterocycles. The van der Waals surface area contributed by atoms with E-state index in [-0.39, 0.29) is 23.3 Å². The van der Waals surface area contributed by atoms with Crippen LogP contribution in [0.1, 0.15) is 62.4 Å². The number of hydrogen-bond donors (Lipinski definition) is 2. The molecule has 2 N–H and O–H groups in total. The van der Waals surface area contributed by atoms with Gasteiger partial charge in [0.1, 0.15) is 11.7 Å². The number of carbonyl (C=O) groups excluding carboxylic acids is 2. The Hall–Kier alpha value is -2.37. The van der Waals surface area contributed by atoms with Crippen LogP contribution in [-0.4, -0.2) is 38.8 Å². The number of amides is 2. The average Bonchev–Trinajstić information content (AvgIpc) is 3.21. The molecule has 0 aromatic carbocycles. The fourth-order valence-corrected chi connectivity index (χ4v) is 4.40. The van der Waals surface area contributed by atoms with Gasteiger partial charge in [0.15, 0.2) is 0 Å². The van der Waals surface area contributed by atoms with Gasteiger partial charge in [0.25, 0.3) is 5.91 Å². The van der Waals surface area contributed by atoms with Crippen molar-refractivity contribution in [1.29, 1.82) is 0 Å². The smallest absolute Gasteiger partial charge is 0.257 e. The van der Waals surface area contributed by atoms with E-state index in [0.717, 1.165) is 42.3 Å². The van der Waals surface area contributed by atoms with E-state index in [1.165, 1.54) is 0 Å². The van der Waals surface area contributed by atoms with E-state index >= 15 is 0 Å². The van der Waals surface area contributed by atoms with Crippen LogP contribution in [-0.2, 0) is 11.3 Å². The minimum atomic E-state index is -0.512. The molecule has 0 unspecified atom stereocenters. The molecule has 2 amide bonds. The van der Waals surface area contributed by atoms with Gasteiger partial charge < -0.3 is 15.2 Å². The molecule has 26 heavy (non-hydrogen) atoms. The van der Waals surface area contributed by atoms with E-state index in [1.807, 2.05) is 26.8 Å². The van der Waals surface area contributed by atoms with Crippen molar-refractivity contribution in [2.75, 3.05) is 0 Å². The Labute approximate surface area is 153 Å². The van der Waals surface area contributed by atoms with E-state index < -0.39 is 6.04 Å². The zero-order valence-electron chi connectivity index (χ0n) is 15.6. The molecule has 6 nitrogen and oxygen atoms in total. The quantitative estimate of drug-likeness (QED) is 0.889. The highest BCUT2D eigenvalue weighted by atomic mass is 16.2. The van der Waals surface area contributed by atoms with E-state index in [9.17, 15) is 9.59 Å². The second kappa shape index (κ2) is 6.11. The lowest BCUT2D eigenvalue weighted by molar-refractivity contribution is -0.130. The zero-order valence-corrected chi connectivity index (χ0v) is 15.6. The van der Waals surface area contributed by atoms with Crippen molar-refractivity contribution in [3.05, 3.63) is 29.6 Å².